The third-order valence-electron chi connectivity index (χ3n) is 4.75. The van der Waals surface area contributed by atoms with Gasteiger partial charge >= 0.3 is 6.36 Å². The monoisotopic (exact) mass is 401 g/mol. The van der Waals surface area contributed by atoms with E-state index in [1.807, 2.05) is 37.3 Å². The second kappa shape index (κ2) is 7.35. The highest BCUT2D eigenvalue weighted by Crippen LogP contribution is 2.32. The minimum absolute atomic E-state index is 0.248. The molecule has 0 saturated heterocycles. The molecule has 0 spiro atoms. The van der Waals surface area contributed by atoms with Gasteiger partial charge in [-0.15, -0.1) is 23.4 Å². The summed E-state index contributed by atoms with van der Waals surface area (Å²) in [5, 5.41) is 8.24. The lowest BCUT2D eigenvalue weighted by atomic mass is 9.95. The highest BCUT2D eigenvalue weighted by Gasteiger charge is 2.33. The molecular weight excluding hydrogens is 383 g/mol. The molecule has 0 aliphatic carbocycles. The summed E-state index contributed by atoms with van der Waals surface area (Å²) in [6.07, 6.45) is -2.71. The SMILES string of the molecule is C[C@@]1(Cc2nnc(-c3ccccc3)o2)CCC(c2ccc(OC(F)(F)F)cc2)=N1. The molecule has 1 aromatic heterocycles. The van der Waals surface area contributed by atoms with Gasteiger partial charge in [0.25, 0.3) is 0 Å². The van der Waals surface area contributed by atoms with E-state index in [4.69, 9.17) is 9.41 Å². The Morgan fingerprint density at radius 2 is 1.72 bits per heavy atom. The number of halogens is 3. The van der Waals surface area contributed by atoms with Gasteiger partial charge in [0.05, 0.1) is 12.0 Å². The van der Waals surface area contributed by atoms with E-state index >= 15 is 0 Å². The van der Waals surface area contributed by atoms with Crippen molar-refractivity contribution in [2.45, 2.75) is 38.1 Å². The number of hydrogen-bond donors (Lipinski definition) is 0. The van der Waals surface area contributed by atoms with Crippen molar-refractivity contribution in [1.29, 1.82) is 0 Å². The van der Waals surface area contributed by atoms with Crippen molar-refractivity contribution in [2.24, 2.45) is 4.99 Å². The Labute approximate surface area is 165 Å². The predicted octanol–water partition coefficient (Wildman–Crippen LogP) is 5.22. The van der Waals surface area contributed by atoms with Gasteiger partial charge in [0, 0.05) is 11.3 Å². The zero-order valence-electron chi connectivity index (χ0n) is 15.6. The number of alkyl halides is 3. The highest BCUT2D eigenvalue weighted by molar-refractivity contribution is 6.02. The van der Waals surface area contributed by atoms with Crippen LogP contribution in [0.4, 0.5) is 13.2 Å². The van der Waals surface area contributed by atoms with E-state index in [-0.39, 0.29) is 5.75 Å². The molecule has 2 heterocycles. The van der Waals surface area contributed by atoms with Crippen molar-refractivity contribution in [1.82, 2.24) is 10.2 Å². The molecule has 8 heteroatoms. The van der Waals surface area contributed by atoms with Gasteiger partial charge in [-0.1, -0.05) is 18.2 Å². The second-order valence-electron chi connectivity index (χ2n) is 7.17. The minimum atomic E-state index is -4.70. The van der Waals surface area contributed by atoms with Gasteiger partial charge in [0.2, 0.25) is 11.8 Å². The molecule has 0 amide bonds. The van der Waals surface area contributed by atoms with Crippen molar-refractivity contribution < 1.29 is 22.3 Å². The first-order valence-electron chi connectivity index (χ1n) is 9.12. The van der Waals surface area contributed by atoms with Crippen LogP contribution in [0.1, 0.15) is 31.2 Å². The molecule has 29 heavy (non-hydrogen) atoms. The van der Waals surface area contributed by atoms with Crippen LogP contribution >= 0.6 is 0 Å². The Morgan fingerprint density at radius 3 is 2.41 bits per heavy atom. The molecule has 150 valence electrons. The van der Waals surface area contributed by atoms with E-state index in [2.05, 4.69) is 14.9 Å². The summed E-state index contributed by atoms with van der Waals surface area (Å²) in [6.45, 7) is 2.01. The van der Waals surface area contributed by atoms with Crippen LogP contribution in [0.5, 0.6) is 5.75 Å². The van der Waals surface area contributed by atoms with Gasteiger partial charge in [-0.2, -0.15) is 0 Å². The summed E-state index contributed by atoms with van der Waals surface area (Å²) in [7, 11) is 0. The lowest BCUT2D eigenvalue weighted by molar-refractivity contribution is -0.274. The van der Waals surface area contributed by atoms with E-state index in [1.54, 1.807) is 12.1 Å². The van der Waals surface area contributed by atoms with Crippen molar-refractivity contribution in [3.05, 3.63) is 66.1 Å². The first kappa shape index (κ1) is 19.2. The highest BCUT2D eigenvalue weighted by atomic mass is 19.4. The number of benzene rings is 2. The van der Waals surface area contributed by atoms with Gasteiger partial charge in [-0.05, 0) is 61.7 Å². The predicted molar refractivity (Wildman–Crippen MR) is 101 cm³/mol. The molecule has 0 radical (unpaired) electrons. The maximum atomic E-state index is 12.3. The fourth-order valence-electron chi connectivity index (χ4n) is 3.36. The average molecular weight is 401 g/mol. The summed E-state index contributed by atoms with van der Waals surface area (Å²) in [6, 6.07) is 15.3. The molecule has 1 atom stereocenters. The zero-order chi connectivity index (χ0) is 20.5. The Morgan fingerprint density at radius 1 is 1.00 bits per heavy atom. The van der Waals surface area contributed by atoms with Crippen LogP contribution in [0.15, 0.2) is 64.0 Å². The number of hydrogen-bond acceptors (Lipinski definition) is 5. The van der Waals surface area contributed by atoms with Crippen LogP contribution < -0.4 is 4.74 Å². The summed E-state index contributed by atoms with van der Waals surface area (Å²) in [5.74, 6) is 0.721. The topological polar surface area (TPSA) is 60.5 Å². The number of aromatic nitrogens is 2. The summed E-state index contributed by atoms with van der Waals surface area (Å²) in [4.78, 5) is 4.80. The van der Waals surface area contributed by atoms with Crippen LogP contribution in [-0.4, -0.2) is 27.8 Å². The molecule has 1 aliphatic rings. The number of ether oxygens (including phenoxy) is 1. The first-order chi connectivity index (χ1) is 13.8. The van der Waals surface area contributed by atoms with Crippen LogP contribution in [-0.2, 0) is 6.42 Å². The standard InChI is InChI=1S/C21H18F3N3O2/c1-20(13-18-26-27-19(28-18)15-5-3-2-4-6-15)12-11-17(25-20)14-7-9-16(10-8-14)29-21(22,23)24/h2-10H,11-13H2,1H3/t20-/m0/s1. The summed E-state index contributed by atoms with van der Waals surface area (Å²) < 4.78 is 46.6. The Balaban J connectivity index is 1.47. The maximum Gasteiger partial charge on any atom is 0.573 e. The number of rotatable bonds is 5. The fraction of sp³-hybridized carbons (Fsp3) is 0.286. The van der Waals surface area contributed by atoms with Gasteiger partial charge in [0.1, 0.15) is 5.75 Å². The van der Waals surface area contributed by atoms with E-state index < -0.39 is 11.9 Å². The van der Waals surface area contributed by atoms with E-state index in [9.17, 15) is 13.2 Å². The number of nitrogens with zero attached hydrogens (tertiary/aromatic N) is 3. The Bertz CT molecular complexity index is 1010. The quantitative estimate of drug-likeness (QED) is 0.588. The Kier molecular flexibility index (Phi) is 4.86. The van der Waals surface area contributed by atoms with E-state index in [0.717, 1.165) is 29.7 Å². The molecule has 4 rings (SSSR count). The maximum absolute atomic E-state index is 12.3. The third-order valence-corrected chi connectivity index (χ3v) is 4.75. The van der Waals surface area contributed by atoms with Gasteiger partial charge < -0.3 is 9.15 Å². The zero-order valence-corrected chi connectivity index (χ0v) is 15.6. The third kappa shape index (κ3) is 4.64. The molecule has 1 aliphatic heterocycles. The van der Waals surface area contributed by atoms with E-state index in [1.165, 1.54) is 12.1 Å². The van der Waals surface area contributed by atoms with Gasteiger partial charge in [-0.25, -0.2) is 0 Å². The second-order valence-corrected chi connectivity index (χ2v) is 7.17. The molecule has 0 saturated carbocycles. The first-order valence-corrected chi connectivity index (χ1v) is 9.12. The minimum Gasteiger partial charge on any atom is -0.421 e. The van der Waals surface area contributed by atoms with Crippen LogP contribution in [0.25, 0.3) is 11.5 Å². The molecule has 0 bridgehead atoms. The van der Waals surface area contributed by atoms with Crippen molar-refractivity contribution in [3.63, 3.8) is 0 Å². The fourth-order valence-corrected chi connectivity index (χ4v) is 3.36. The average Bonchev–Trinajstić information content (AvgIpc) is 3.29. The van der Waals surface area contributed by atoms with Crippen LogP contribution in [0.3, 0.4) is 0 Å². The molecule has 0 fully saturated rings. The lowest BCUT2D eigenvalue weighted by Crippen LogP contribution is -2.21. The smallest absolute Gasteiger partial charge is 0.421 e. The molecule has 0 N–H and O–H groups in total. The van der Waals surface area contributed by atoms with Crippen molar-refractivity contribution in [3.8, 4) is 17.2 Å². The van der Waals surface area contributed by atoms with Crippen molar-refractivity contribution in [2.75, 3.05) is 0 Å². The molecule has 2 aromatic carbocycles. The van der Waals surface area contributed by atoms with Crippen molar-refractivity contribution >= 4 is 5.71 Å². The summed E-state index contributed by atoms with van der Waals surface area (Å²) >= 11 is 0. The molecule has 0 unspecified atom stereocenters. The molecule has 3 aromatic rings. The van der Waals surface area contributed by atoms with Crippen LogP contribution in [0.2, 0.25) is 0 Å². The molecule has 5 nitrogen and oxygen atoms in total. The van der Waals surface area contributed by atoms with Gasteiger partial charge in [-0.3, -0.25) is 4.99 Å². The van der Waals surface area contributed by atoms with Crippen LogP contribution in [0, 0.1) is 0 Å². The number of aliphatic imine (C=N–C) groups is 1. The largest absolute Gasteiger partial charge is 0.573 e. The normalized spacial score (nSPS) is 19.2. The molecular formula is C21H18F3N3O2. The van der Waals surface area contributed by atoms with Gasteiger partial charge in [0.15, 0.2) is 0 Å². The summed E-state index contributed by atoms with van der Waals surface area (Å²) in [5.41, 5.74) is 2.07. The van der Waals surface area contributed by atoms with E-state index in [0.29, 0.717) is 18.2 Å². The Hall–Kier alpha value is -3.16. The lowest BCUT2D eigenvalue weighted by Gasteiger charge is -2.17.